The first-order valence-electron chi connectivity index (χ1n) is 9.27. The van der Waals surface area contributed by atoms with Gasteiger partial charge in [0.1, 0.15) is 11.6 Å². The molecule has 1 aliphatic heterocycles. The maximum Gasteiger partial charge on any atom is 0.279 e. The van der Waals surface area contributed by atoms with Crippen molar-refractivity contribution in [2.24, 2.45) is 7.05 Å². The van der Waals surface area contributed by atoms with Crippen LogP contribution in [0.3, 0.4) is 0 Å². The summed E-state index contributed by atoms with van der Waals surface area (Å²) in [4.78, 5) is 29.5. The van der Waals surface area contributed by atoms with Crippen molar-refractivity contribution in [3.05, 3.63) is 87.0 Å². The van der Waals surface area contributed by atoms with Crippen LogP contribution in [-0.2, 0) is 17.6 Å². The number of carbonyl (C=O) groups is 1. The number of amides is 1. The van der Waals surface area contributed by atoms with Crippen molar-refractivity contribution in [1.82, 2.24) is 9.55 Å². The lowest BCUT2D eigenvalue weighted by atomic mass is 9.87. The van der Waals surface area contributed by atoms with E-state index < -0.39 is 5.92 Å². The molecule has 29 heavy (non-hydrogen) atoms. The van der Waals surface area contributed by atoms with E-state index in [0.29, 0.717) is 22.3 Å². The third-order valence-electron chi connectivity index (χ3n) is 5.02. The lowest BCUT2D eigenvalue weighted by molar-refractivity contribution is -0.116. The van der Waals surface area contributed by atoms with Gasteiger partial charge in [-0.15, -0.1) is 0 Å². The Labute approximate surface area is 172 Å². The van der Waals surface area contributed by atoms with Gasteiger partial charge in [-0.2, -0.15) is 4.98 Å². The van der Waals surface area contributed by atoms with E-state index >= 15 is 0 Å². The molecule has 1 aliphatic rings. The molecule has 0 spiro atoms. The van der Waals surface area contributed by atoms with Gasteiger partial charge in [-0.1, -0.05) is 53.7 Å². The molecule has 0 saturated carbocycles. The summed E-state index contributed by atoms with van der Waals surface area (Å²) in [7, 11) is 1.79. The number of aryl methyl sites for hydroxylation is 1. The van der Waals surface area contributed by atoms with Crippen LogP contribution in [-0.4, -0.2) is 15.5 Å². The van der Waals surface area contributed by atoms with Crippen LogP contribution in [0.5, 0.6) is 0 Å². The van der Waals surface area contributed by atoms with E-state index in [1.54, 1.807) is 23.7 Å². The predicted octanol–water partition coefficient (Wildman–Crippen LogP) is 3.99. The summed E-state index contributed by atoms with van der Waals surface area (Å²) < 4.78 is 15.1. The molecule has 7 heteroatoms. The average Bonchev–Trinajstić information content (AvgIpc) is 2.69. The SMILES string of the molecule is Cc1cccc(CSc2nc(=O)c3c(n2C)NC(=O)CC3c2ccc(F)cc2)c1. The molecule has 148 valence electrons. The molecule has 0 fully saturated rings. The molecule has 0 aliphatic carbocycles. The normalized spacial score (nSPS) is 15.7. The van der Waals surface area contributed by atoms with Crippen LogP contribution < -0.4 is 10.9 Å². The van der Waals surface area contributed by atoms with Gasteiger partial charge in [0.15, 0.2) is 5.16 Å². The average molecular weight is 409 g/mol. The van der Waals surface area contributed by atoms with Gasteiger partial charge in [-0.25, -0.2) is 4.39 Å². The molecule has 0 saturated heterocycles. The van der Waals surface area contributed by atoms with Crippen molar-refractivity contribution in [2.75, 3.05) is 5.32 Å². The Kier molecular flexibility index (Phi) is 5.24. The highest BCUT2D eigenvalue weighted by molar-refractivity contribution is 7.98. The van der Waals surface area contributed by atoms with Crippen LogP contribution in [0.25, 0.3) is 0 Å². The van der Waals surface area contributed by atoms with Gasteiger partial charge in [0, 0.05) is 25.1 Å². The van der Waals surface area contributed by atoms with Gasteiger partial charge in [0.05, 0.1) is 5.56 Å². The Morgan fingerprint density at radius 1 is 1.21 bits per heavy atom. The summed E-state index contributed by atoms with van der Waals surface area (Å²) in [6.07, 6.45) is 0.130. The first-order chi connectivity index (χ1) is 13.9. The second-order valence-electron chi connectivity index (χ2n) is 7.15. The summed E-state index contributed by atoms with van der Waals surface area (Å²) in [5.74, 6) is 0.144. The molecule has 1 N–H and O–H groups in total. The number of carbonyl (C=O) groups excluding carboxylic acids is 1. The number of rotatable bonds is 4. The number of nitrogens with one attached hydrogen (secondary N) is 1. The molecule has 3 aromatic rings. The van der Waals surface area contributed by atoms with E-state index in [4.69, 9.17) is 0 Å². The number of hydrogen-bond donors (Lipinski definition) is 1. The minimum absolute atomic E-state index is 0.130. The van der Waals surface area contributed by atoms with Crippen LogP contribution in [0.4, 0.5) is 10.2 Å². The summed E-state index contributed by atoms with van der Waals surface area (Å²) in [6.45, 7) is 2.03. The highest BCUT2D eigenvalue weighted by Crippen LogP contribution is 2.36. The van der Waals surface area contributed by atoms with E-state index in [0.717, 1.165) is 11.1 Å². The molecule has 4 rings (SSSR count). The predicted molar refractivity (Wildman–Crippen MR) is 112 cm³/mol. The number of halogens is 1. The molecule has 5 nitrogen and oxygen atoms in total. The first-order valence-corrected chi connectivity index (χ1v) is 10.3. The molecular formula is C22H20FN3O2S. The highest BCUT2D eigenvalue weighted by atomic mass is 32.2. The quantitative estimate of drug-likeness (QED) is 0.523. The lowest BCUT2D eigenvalue weighted by Crippen LogP contribution is -2.33. The van der Waals surface area contributed by atoms with E-state index in [-0.39, 0.29) is 23.7 Å². The molecule has 1 atom stereocenters. The third-order valence-corrected chi connectivity index (χ3v) is 6.12. The Hall–Kier alpha value is -2.93. The van der Waals surface area contributed by atoms with Crippen LogP contribution in [0.2, 0.25) is 0 Å². The maximum absolute atomic E-state index is 13.3. The van der Waals surface area contributed by atoms with Gasteiger partial charge in [-0.05, 0) is 30.2 Å². The van der Waals surface area contributed by atoms with E-state index in [1.807, 2.05) is 25.1 Å². The minimum Gasteiger partial charge on any atom is -0.312 e. The monoisotopic (exact) mass is 409 g/mol. The van der Waals surface area contributed by atoms with E-state index in [1.165, 1.54) is 29.5 Å². The molecule has 2 aromatic carbocycles. The van der Waals surface area contributed by atoms with Gasteiger partial charge < -0.3 is 9.88 Å². The van der Waals surface area contributed by atoms with Gasteiger partial charge in [-0.3, -0.25) is 9.59 Å². The zero-order chi connectivity index (χ0) is 20.5. The smallest absolute Gasteiger partial charge is 0.279 e. The fourth-order valence-corrected chi connectivity index (χ4v) is 4.50. The zero-order valence-corrected chi connectivity index (χ0v) is 16.9. The Morgan fingerprint density at radius 3 is 2.69 bits per heavy atom. The minimum atomic E-state index is -0.443. The molecule has 1 aromatic heterocycles. The standard InChI is InChI=1S/C22H20FN3O2S/c1-13-4-3-5-14(10-13)12-29-22-25-21(28)19-17(15-6-8-16(23)9-7-15)11-18(27)24-20(19)26(22)2/h3-10,17H,11-12H2,1-2H3,(H,24,27). The van der Waals surface area contributed by atoms with Crippen LogP contribution in [0, 0.1) is 12.7 Å². The number of fused-ring (bicyclic) bond motifs is 1. The Morgan fingerprint density at radius 2 is 1.97 bits per heavy atom. The highest BCUT2D eigenvalue weighted by Gasteiger charge is 2.32. The molecule has 1 unspecified atom stereocenters. The van der Waals surface area contributed by atoms with Crippen molar-refractivity contribution >= 4 is 23.5 Å². The summed E-state index contributed by atoms with van der Waals surface area (Å²) in [6, 6.07) is 14.1. The molecule has 2 heterocycles. The molecule has 0 bridgehead atoms. The van der Waals surface area contributed by atoms with Crippen molar-refractivity contribution in [2.45, 2.75) is 30.2 Å². The molecular weight excluding hydrogens is 389 g/mol. The van der Waals surface area contributed by atoms with Gasteiger partial charge in [0.2, 0.25) is 5.91 Å². The number of nitrogens with zero attached hydrogens (tertiary/aromatic N) is 2. The van der Waals surface area contributed by atoms with E-state index in [2.05, 4.69) is 16.4 Å². The van der Waals surface area contributed by atoms with Crippen LogP contribution >= 0.6 is 11.8 Å². The fraction of sp³-hybridized carbons (Fsp3) is 0.227. The van der Waals surface area contributed by atoms with Crippen molar-refractivity contribution < 1.29 is 9.18 Å². The summed E-state index contributed by atoms with van der Waals surface area (Å²) in [5.41, 5.74) is 3.11. The lowest BCUT2D eigenvalue weighted by Gasteiger charge is -2.27. The van der Waals surface area contributed by atoms with Crippen molar-refractivity contribution in [1.29, 1.82) is 0 Å². The second-order valence-corrected chi connectivity index (χ2v) is 8.10. The van der Waals surface area contributed by atoms with Crippen LogP contribution in [0.1, 0.15) is 34.6 Å². The number of anilines is 1. The number of hydrogen-bond acceptors (Lipinski definition) is 4. The fourth-order valence-electron chi connectivity index (χ4n) is 3.59. The third kappa shape index (κ3) is 3.96. The summed E-state index contributed by atoms with van der Waals surface area (Å²) in [5, 5.41) is 3.36. The van der Waals surface area contributed by atoms with Gasteiger partial charge in [0.25, 0.3) is 5.56 Å². The first kappa shape index (κ1) is 19.4. The summed E-state index contributed by atoms with van der Waals surface area (Å²) >= 11 is 1.45. The number of thioether (sulfide) groups is 1. The van der Waals surface area contributed by atoms with E-state index in [9.17, 15) is 14.0 Å². The van der Waals surface area contributed by atoms with Crippen molar-refractivity contribution in [3.8, 4) is 0 Å². The number of benzene rings is 2. The maximum atomic E-state index is 13.3. The zero-order valence-electron chi connectivity index (χ0n) is 16.1. The largest absolute Gasteiger partial charge is 0.312 e. The molecule has 0 radical (unpaired) electrons. The Balaban J connectivity index is 1.71. The van der Waals surface area contributed by atoms with Crippen LogP contribution in [0.15, 0.2) is 58.5 Å². The van der Waals surface area contributed by atoms with Crippen molar-refractivity contribution in [3.63, 3.8) is 0 Å². The topological polar surface area (TPSA) is 64.0 Å². The molecule has 1 amide bonds. The number of aromatic nitrogens is 2. The Bertz CT molecular complexity index is 1140. The van der Waals surface area contributed by atoms with Gasteiger partial charge >= 0.3 is 0 Å². The second kappa shape index (κ2) is 7.83.